The van der Waals surface area contributed by atoms with E-state index in [2.05, 4.69) is 15.3 Å². The van der Waals surface area contributed by atoms with Gasteiger partial charge in [0, 0.05) is 16.0 Å². The maximum Gasteiger partial charge on any atom is 0.146 e. The topological polar surface area (TPSA) is 43.6 Å². The Morgan fingerprint density at radius 1 is 1.04 bits per heavy atom. The fraction of sp³-hybridized carbons (Fsp3) is 0.0556. The molecule has 2 heterocycles. The first kappa shape index (κ1) is 15.9. The zero-order valence-corrected chi connectivity index (χ0v) is 14.7. The molecule has 0 aliphatic carbocycles. The Labute approximate surface area is 152 Å². The van der Waals surface area contributed by atoms with E-state index >= 15 is 0 Å². The molecule has 7 heteroatoms. The third kappa shape index (κ3) is 3.06. The van der Waals surface area contributed by atoms with Gasteiger partial charge in [-0.25, -0.2) is 14.1 Å². The minimum absolute atomic E-state index is 0.283. The summed E-state index contributed by atoms with van der Waals surface area (Å²) in [6.07, 6.45) is 0. The SMILES string of the molecule is Cc1c(-c2nc(-c3ccc(Cl)cc3)cs2)nnn1-c1ccc(F)cc1. The molecule has 0 spiro atoms. The van der Waals surface area contributed by atoms with Crippen molar-refractivity contribution < 1.29 is 4.39 Å². The van der Waals surface area contributed by atoms with Gasteiger partial charge in [-0.1, -0.05) is 28.9 Å². The lowest BCUT2D eigenvalue weighted by Gasteiger charge is -2.02. The minimum Gasteiger partial charge on any atom is -0.234 e. The quantitative estimate of drug-likeness (QED) is 0.500. The van der Waals surface area contributed by atoms with Crippen molar-refractivity contribution in [2.24, 2.45) is 0 Å². The highest BCUT2D eigenvalue weighted by Crippen LogP contribution is 2.30. The zero-order valence-electron chi connectivity index (χ0n) is 13.1. The molecule has 0 radical (unpaired) electrons. The number of benzene rings is 2. The van der Waals surface area contributed by atoms with E-state index < -0.39 is 0 Å². The van der Waals surface area contributed by atoms with Crippen molar-refractivity contribution in [3.63, 3.8) is 0 Å². The lowest BCUT2D eigenvalue weighted by Crippen LogP contribution is -1.99. The first-order valence-electron chi connectivity index (χ1n) is 7.52. The van der Waals surface area contributed by atoms with Crippen LogP contribution in [-0.4, -0.2) is 20.0 Å². The molecule has 2 aromatic carbocycles. The van der Waals surface area contributed by atoms with Crippen molar-refractivity contribution in [3.8, 4) is 27.6 Å². The predicted octanol–water partition coefficient (Wildman–Crippen LogP) is 5.16. The van der Waals surface area contributed by atoms with Crippen molar-refractivity contribution in [1.29, 1.82) is 0 Å². The van der Waals surface area contributed by atoms with Gasteiger partial charge in [0.25, 0.3) is 0 Å². The van der Waals surface area contributed by atoms with Crippen LogP contribution in [-0.2, 0) is 0 Å². The van der Waals surface area contributed by atoms with Crippen molar-refractivity contribution >= 4 is 22.9 Å². The van der Waals surface area contributed by atoms with E-state index in [0.717, 1.165) is 33.3 Å². The van der Waals surface area contributed by atoms with E-state index in [1.54, 1.807) is 16.8 Å². The number of hydrogen-bond donors (Lipinski definition) is 0. The molecule has 0 saturated carbocycles. The molecule has 4 aromatic rings. The monoisotopic (exact) mass is 370 g/mol. The van der Waals surface area contributed by atoms with Gasteiger partial charge in [0.15, 0.2) is 0 Å². The normalized spacial score (nSPS) is 11.0. The van der Waals surface area contributed by atoms with Gasteiger partial charge in [0.2, 0.25) is 0 Å². The third-order valence-corrected chi connectivity index (χ3v) is 4.91. The van der Waals surface area contributed by atoms with Crippen LogP contribution in [0.2, 0.25) is 5.02 Å². The van der Waals surface area contributed by atoms with E-state index in [1.165, 1.54) is 23.5 Å². The molecule has 0 aliphatic heterocycles. The summed E-state index contributed by atoms with van der Waals surface area (Å²) >= 11 is 7.44. The van der Waals surface area contributed by atoms with Crippen molar-refractivity contribution in [2.45, 2.75) is 6.92 Å². The summed E-state index contributed by atoms with van der Waals surface area (Å²) in [7, 11) is 0. The molecule has 0 amide bonds. The first-order valence-corrected chi connectivity index (χ1v) is 8.77. The Morgan fingerprint density at radius 3 is 2.48 bits per heavy atom. The molecule has 0 fully saturated rings. The van der Waals surface area contributed by atoms with Crippen LogP contribution < -0.4 is 0 Å². The highest BCUT2D eigenvalue weighted by Gasteiger charge is 2.16. The van der Waals surface area contributed by atoms with E-state index in [-0.39, 0.29) is 5.82 Å². The molecule has 4 nitrogen and oxygen atoms in total. The summed E-state index contributed by atoms with van der Waals surface area (Å²) in [6, 6.07) is 13.7. The summed E-state index contributed by atoms with van der Waals surface area (Å²) in [5.41, 5.74) is 4.19. The first-order chi connectivity index (χ1) is 12.1. The average molecular weight is 371 g/mol. The van der Waals surface area contributed by atoms with Crippen LogP contribution in [0.4, 0.5) is 4.39 Å². The fourth-order valence-corrected chi connectivity index (χ4v) is 3.48. The molecule has 124 valence electrons. The molecule has 0 saturated heterocycles. The number of rotatable bonds is 3. The summed E-state index contributed by atoms with van der Waals surface area (Å²) in [4.78, 5) is 4.66. The fourth-order valence-electron chi connectivity index (χ4n) is 2.49. The summed E-state index contributed by atoms with van der Waals surface area (Å²) in [5.74, 6) is -0.283. The molecule has 0 N–H and O–H groups in total. The van der Waals surface area contributed by atoms with Crippen LogP contribution in [0.5, 0.6) is 0 Å². The maximum atomic E-state index is 13.1. The summed E-state index contributed by atoms with van der Waals surface area (Å²) < 4.78 is 14.8. The summed E-state index contributed by atoms with van der Waals surface area (Å²) in [5, 5.41) is 11.9. The Bertz CT molecular complexity index is 1020. The van der Waals surface area contributed by atoms with Gasteiger partial charge in [0.05, 0.1) is 17.1 Å². The second-order valence-electron chi connectivity index (χ2n) is 5.46. The van der Waals surface area contributed by atoms with E-state index in [1.807, 2.05) is 36.6 Å². The van der Waals surface area contributed by atoms with Crippen LogP contribution in [0.25, 0.3) is 27.6 Å². The standard InChI is InChI=1S/C18H12ClFN4S/c1-11-17(22-23-24(11)15-8-6-14(20)7-9-15)18-21-16(10-25-18)12-2-4-13(19)5-3-12/h2-10H,1H3. The Hall–Kier alpha value is -2.57. The molecular weight excluding hydrogens is 359 g/mol. The van der Waals surface area contributed by atoms with Crippen LogP contribution in [0.15, 0.2) is 53.9 Å². The van der Waals surface area contributed by atoms with E-state index in [0.29, 0.717) is 5.02 Å². The number of thiazole rings is 1. The minimum atomic E-state index is -0.283. The van der Waals surface area contributed by atoms with Gasteiger partial charge >= 0.3 is 0 Å². The van der Waals surface area contributed by atoms with Gasteiger partial charge in [-0.05, 0) is 43.3 Å². The molecular formula is C18H12ClFN4S. The lowest BCUT2D eigenvalue weighted by atomic mass is 10.2. The lowest BCUT2D eigenvalue weighted by molar-refractivity contribution is 0.626. The van der Waals surface area contributed by atoms with Gasteiger partial charge in [-0.2, -0.15) is 0 Å². The zero-order chi connectivity index (χ0) is 17.4. The summed E-state index contributed by atoms with van der Waals surface area (Å²) in [6.45, 7) is 1.92. The molecule has 0 bridgehead atoms. The highest BCUT2D eigenvalue weighted by molar-refractivity contribution is 7.13. The second kappa shape index (κ2) is 6.38. The molecule has 2 aromatic heterocycles. The predicted molar refractivity (Wildman–Crippen MR) is 97.6 cm³/mol. The molecule has 4 rings (SSSR count). The Kier molecular flexibility index (Phi) is 4.07. The smallest absolute Gasteiger partial charge is 0.146 e. The van der Waals surface area contributed by atoms with E-state index in [4.69, 9.17) is 11.6 Å². The van der Waals surface area contributed by atoms with Gasteiger partial charge in [-0.3, -0.25) is 0 Å². The Morgan fingerprint density at radius 2 is 1.76 bits per heavy atom. The number of hydrogen-bond acceptors (Lipinski definition) is 4. The molecule has 0 unspecified atom stereocenters. The second-order valence-corrected chi connectivity index (χ2v) is 6.75. The van der Waals surface area contributed by atoms with Gasteiger partial charge in [0.1, 0.15) is 16.5 Å². The van der Waals surface area contributed by atoms with Crippen molar-refractivity contribution in [3.05, 3.63) is 70.4 Å². The number of halogens is 2. The van der Waals surface area contributed by atoms with Crippen LogP contribution in [0.1, 0.15) is 5.69 Å². The maximum absolute atomic E-state index is 13.1. The van der Waals surface area contributed by atoms with Gasteiger partial charge in [-0.15, -0.1) is 16.4 Å². The van der Waals surface area contributed by atoms with Crippen molar-refractivity contribution in [1.82, 2.24) is 20.0 Å². The molecule has 0 aliphatic rings. The van der Waals surface area contributed by atoms with Crippen molar-refractivity contribution in [2.75, 3.05) is 0 Å². The van der Waals surface area contributed by atoms with Crippen LogP contribution >= 0.6 is 22.9 Å². The van der Waals surface area contributed by atoms with Crippen LogP contribution in [0, 0.1) is 12.7 Å². The Balaban J connectivity index is 1.69. The third-order valence-electron chi connectivity index (χ3n) is 3.81. The molecule has 0 atom stereocenters. The number of nitrogens with zero attached hydrogens (tertiary/aromatic N) is 4. The average Bonchev–Trinajstić information content (AvgIpc) is 3.23. The van der Waals surface area contributed by atoms with E-state index in [9.17, 15) is 4.39 Å². The van der Waals surface area contributed by atoms with Gasteiger partial charge < -0.3 is 0 Å². The number of aromatic nitrogens is 4. The molecule has 25 heavy (non-hydrogen) atoms. The highest BCUT2D eigenvalue weighted by atomic mass is 35.5. The largest absolute Gasteiger partial charge is 0.234 e. The van der Waals surface area contributed by atoms with Crippen LogP contribution in [0.3, 0.4) is 0 Å².